The van der Waals surface area contributed by atoms with Crippen molar-refractivity contribution >= 4 is 22.7 Å². The lowest BCUT2D eigenvalue weighted by molar-refractivity contribution is 0.0527. The van der Waals surface area contributed by atoms with Crippen molar-refractivity contribution in [3.05, 3.63) is 42.5 Å². The smallest absolute Gasteiger partial charge is 0.341 e. The fourth-order valence-electron chi connectivity index (χ4n) is 2.43. The molecule has 0 amide bonds. The predicted molar refractivity (Wildman–Crippen MR) is 92.7 cm³/mol. The molecule has 0 fully saturated rings. The highest BCUT2D eigenvalue weighted by Gasteiger charge is 2.18. The van der Waals surface area contributed by atoms with E-state index in [0.717, 1.165) is 5.39 Å². The molecule has 0 bridgehead atoms. The fourth-order valence-corrected chi connectivity index (χ4v) is 2.43. The van der Waals surface area contributed by atoms with Crippen LogP contribution in [0, 0.1) is 0 Å². The van der Waals surface area contributed by atoms with Gasteiger partial charge in [0.25, 0.3) is 0 Å². The van der Waals surface area contributed by atoms with Crippen molar-refractivity contribution in [1.82, 2.24) is 19.7 Å². The van der Waals surface area contributed by atoms with Crippen LogP contribution in [0.3, 0.4) is 0 Å². The van der Waals surface area contributed by atoms with E-state index in [1.807, 2.05) is 12.1 Å². The quantitative estimate of drug-likeness (QED) is 0.519. The third-order valence-corrected chi connectivity index (χ3v) is 3.56. The van der Waals surface area contributed by atoms with Crippen LogP contribution in [0.5, 0.6) is 5.75 Å². The van der Waals surface area contributed by atoms with Gasteiger partial charge < -0.3 is 14.8 Å². The first-order valence-electron chi connectivity index (χ1n) is 7.95. The van der Waals surface area contributed by atoms with E-state index in [1.165, 1.54) is 6.20 Å². The van der Waals surface area contributed by atoms with E-state index in [2.05, 4.69) is 20.4 Å². The molecule has 25 heavy (non-hydrogen) atoms. The Morgan fingerprint density at radius 1 is 1.32 bits per heavy atom. The molecule has 0 aliphatic heterocycles. The molecular formula is C17H19N5O3. The average molecular weight is 341 g/mol. The molecule has 3 aromatic heterocycles. The number of aromatic nitrogens is 4. The first kappa shape index (κ1) is 16.7. The summed E-state index contributed by atoms with van der Waals surface area (Å²) in [5, 5.41) is 8.20. The summed E-state index contributed by atoms with van der Waals surface area (Å²) < 4.78 is 12.4. The minimum absolute atomic E-state index is 0.299. The molecule has 8 nitrogen and oxygen atoms in total. The zero-order chi connectivity index (χ0) is 17.6. The standard InChI is InChI=1S/C17H19N5O3/c1-3-24-17(23)14-10-20-16-13(11-21-22(16)2)15(14)19-7-8-25-12-5-4-6-18-9-12/h4-6,9-11H,3,7-8H2,1-2H3,(H,19,20). The number of nitrogens with one attached hydrogen (secondary N) is 1. The van der Waals surface area contributed by atoms with Gasteiger partial charge >= 0.3 is 5.97 Å². The molecule has 0 unspecified atom stereocenters. The number of ether oxygens (including phenoxy) is 2. The predicted octanol–water partition coefficient (Wildman–Crippen LogP) is 2.03. The number of carbonyl (C=O) groups excluding carboxylic acids is 1. The van der Waals surface area contributed by atoms with Gasteiger partial charge in [0.1, 0.15) is 17.9 Å². The normalized spacial score (nSPS) is 10.6. The number of nitrogens with zero attached hydrogens (tertiary/aromatic N) is 4. The second kappa shape index (κ2) is 7.61. The van der Waals surface area contributed by atoms with Crippen molar-refractivity contribution < 1.29 is 14.3 Å². The lowest BCUT2D eigenvalue weighted by Gasteiger charge is -2.13. The summed E-state index contributed by atoms with van der Waals surface area (Å²) in [7, 11) is 1.80. The summed E-state index contributed by atoms with van der Waals surface area (Å²) in [4.78, 5) is 20.5. The monoisotopic (exact) mass is 341 g/mol. The van der Waals surface area contributed by atoms with E-state index >= 15 is 0 Å². The Balaban J connectivity index is 1.77. The second-order valence-electron chi connectivity index (χ2n) is 5.24. The molecule has 0 saturated heterocycles. The molecule has 0 aromatic carbocycles. The maximum atomic E-state index is 12.2. The molecule has 1 N–H and O–H groups in total. The molecule has 0 radical (unpaired) electrons. The van der Waals surface area contributed by atoms with E-state index < -0.39 is 5.97 Å². The van der Waals surface area contributed by atoms with Gasteiger partial charge in [0, 0.05) is 26.0 Å². The average Bonchev–Trinajstić information content (AvgIpc) is 3.01. The van der Waals surface area contributed by atoms with Crippen LogP contribution in [0.4, 0.5) is 5.69 Å². The first-order valence-corrected chi connectivity index (χ1v) is 7.95. The lowest BCUT2D eigenvalue weighted by Crippen LogP contribution is -2.16. The zero-order valence-corrected chi connectivity index (χ0v) is 14.1. The van der Waals surface area contributed by atoms with Gasteiger partial charge in [0.15, 0.2) is 5.65 Å². The van der Waals surface area contributed by atoms with Crippen molar-refractivity contribution in [3.8, 4) is 5.75 Å². The summed E-state index contributed by atoms with van der Waals surface area (Å²) in [5.74, 6) is 0.271. The van der Waals surface area contributed by atoms with Crippen molar-refractivity contribution in [1.29, 1.82) is 0 Å². The Kier molecular flexibility index (Phi) is 5.08. The number of pyridine rings is 2. The number of aryl methyl sites for hydroxylation is 1. The molecule has 8 heteroatoms. The maximum absolute atomic E-state index is 12.2. The Morgan fingerprint density at radius 3 is 2.96 bits per heavy atom. The highest BCUT2D eigenvalue weighted by molar-refractivity contribution is 6.04. The third-order valence-electron chi connectivity index (χ3n) is 3.56. The third kappa shape index (κ3) is 3.68. The van der Waals surface area contributed by atoms with Gasteiger partial charge in [0.2, 0.25) is 0 Å². The molecule has 0 aliphatic rings. The topological polar surface area (TPSA) is 91.2 Å². The van der Waals surface area contributed by atoms with Crippen LogP contribution in [-0.2, 0) is 11.8 Å². The van der Waals surface area contributed by atoms with E-state index in [4.69, 9.17) is 9.47 Å². The van der Waals surface area contributed by atoms with Crippen molar-refractivity contribution in [2.45, 2.75) is 6.92 Å². The number of rotatable bonds is 7. The molecule has 130 valence electrons. The molecule has 3 heterocycles. The second-order valence-corrected chi connectivity index (χ2v) is 5.24. The van der Waals surface area contributed by atoms with Crippen molar-refractivity contribution in [3.63, 3.8) is 0 Å². The van der Waals surface area contributed by atoms with Crippen LogP contribution in [0.25, 0.3) is 11.0 Å². The van der Waals surface area contributed by atoms with E-state index in [1.54, 1.807) is 37.2 Å². The Bertz CT molecular complexity index is 863. The minimum atomic E-state index is -0.420. The highest BCUT2D eigenvalue weighted by atomic mass is 16.5. The maximum Gasteiger partial charge on any atom is 0.341 e. The van der Waals surface area contributed by atoms with E-state index in [-0.39, 0.29) is 0 Å². The van der Waals surface area contributed by atoms with Crippen molar-refractivity contribution in [2.24, 2.45) is 7.05 Å². The van der Waals surface area contributed by atoms with Crippen LogP contribution >= 0.6 is 0 Å². The van der Waals surface area contributed by atoms with Gasteiger partial charge in [-0.25, -0.2) is 9.78 Å². The van der Waals surface area contributed by atoms with Gasteiger partial charge in [-0.3, -0.25) is 9.67 Å². The molecular weight excluding hydrogens is 322 g/mol. The number of hydrogen-bond acceptors (Lipinski definition) is 7. The zero-order valence-electron chi connectivity index (χ0n) is 14.1. The van der Waals surface area contributed by atoms with Crippen LogP contribution < -0.4 is 10.1 Å². The fraction of sp³-hybridized carbons (Fsp3) is 0.294. The molecule has 0 atom stereocenters. The minimum Gasteiger partial charge on any atom is -0.490 e. The van der Waals surface area contributed by atoms with Gasteiger partial charge in [-0.15, -0.1) is 0 Å². The first-order chi connectivity index (χ1) is 12.2. The molecule has 3 aromatic rings. The summed E-state index contributed by atoms with van der Waals surface area (Å²) >= 11 is 0. The van der Waals surface area contributed by atoms with E-state index in [0.29, 0.717) is 42.4 Å². The van der Waals surface area contributed by atoms with Crippen LogP contribution in [0.2, 0.25) is 0 Å². The summed E-state index contributed by atoms with van der Waals surface area (Å²) in [6, 6.07) is 3.65. The number of hydrogen-bond donors (Lipinski definition) is 1. The van der Waals surface area contributed by atoms with Gasteiger partial charge in [-0.1, -0.05) is 0 Å². The molecule has 0 saturated carbocycles. The molecule has 0 spiro atoms. The largest absolute Gasteiger partial charge is 0.490 e. The van der Waals surface area contributed by atoms with Crippen molar-refractivity contribution in [2.75, 3.05) is 25.1 Å². The number of anilines is 1. The highest BCUT2D eigenvalue weighted by Crippen LogP contribution is 2.26. The van der Waals surface area contributed by atoms with E-state index in [9.17, 15) is 4.79 Å². The number of carbonyl (C=O) groups is 1. The van der Waals surface area contributed by atoms with Crippen LogP contribution in [-0.4, -0.2) is 45.5 Å². The van der Waals surface area contributed by atoms with Gasteiger partial charge in [-0.05, 0) is 19.1 Å². The lowest BCUT2D eigenvalue weighted by atomic mass is 10.2. The summed E-state index contributed by atoms with van der Waals surface area (Å²) in [6.45, 7) is 2.98. The molecule has 3 rings (SSSR count). The van der Waals surface area contributed by atoms with Gasteiger partial charge in [0.05, 0.1) is 30.1 Å². The Hall–Kier alpha value is -3.16. The summed E-state index contributed by atoms with van der Waals surface area (Å²) in [6.07, 6.45) is 6.52. The summed E-state index contributed by atoms with van der Waals surface area (Å²) in [5.41, 5.74) is 1.71. The Labute approximate surface area is 144 Å². The molecule has 0 aliphatic carbocycles. The number of fused-ring (bicyclic) bond motifs is 1. The Morgan fingerprint density at radius 2 is 2.20 bits per heavy atom. The van der Waals surface area contributed by atoms with Crippen LogP contribution in [0.15, 0.2) is 36.9 Å². The van der Waals surface area contributed by atoms with Crippen LogP contribution in [0.1, 0.15) is 17.3 Å². The number of esters is 1. The SMILES string of the molecule is CCOC(=O)c1cnc2c(cnn2C)c1NCCOc1cccnc1. The van der Waals surface area contributed by atoms with Gasteiger partial charge in [-0.2, -0.15) is 5.10 Å².